The van der Waals surface area contributed by atoms with Crippen molar-refractivity contribution in [2.75, 3.05) is 39.5 Å². The van der Waals surface area contributed by atoms with E-state index >= 15 is 0 Å². The topological polar surface area (TPSA) is 132 Å². The van der Waals surface area contributed by atoms with Crippen molar-refractivity contribution in [2.45, 2.75) is 58.9 Å². The molecule has 0 radical (unpaired) electrons. The average molecular weight is 582 g/mol. The van der Waals surface area contributed by atoms with Gasteiger partial charge in [-0.05, 0) is 38.2 Å². The molecule has 2 N–H and O–H groups in total. The summed E-state index contributed by atoms with van der Waals surface area (Å²) in [5.41, 5.74) is 1.21. The molecule has 11 nitrogen and oxygen atoms in total. The number of aromatic nitrogens is 2. The summed E-state index contributed by atoms with van der Waals surface area (Å²) >= 11 is 0. The smallest absolute Gasteiger partial charge is 0.448 e. The fourth-order valence-electron chi connectivity index (χ4n) is 4.73. The SMILES string of the molecule is CC(C)C[C@H](NC(=O)[C@@H](CC(=O)c1cnccn1)Cc1ccccc1)B1OCCN(CCOC(=O)NC(C)C)CCO1. The van der Waals surface area contributed by atoms with Gasteiger partial charge in [0.25, 0.3) is 0 Å². The van der Waals surface area contributed by atoms with Gasteiger partial charge in [-0.3, -0.25) is 19.5 Å². The van der Waals surface area contributed by atoms with Crippen molar-refractivity contribution < 1.29 is 28.4 Å². The van der Waals surface area contributed by atoms with Crippen LogP contribution >= 0.6 is 0 Å². The Labute approximate surface area is 249 Å². The quantitative estimate of drug-likeness (QED) is 0.255. The number of carbonyl (C=O) groups is 3. The van der Waals surface area contributed by atoms with Gasteiger partial charge in [-0.15, -0.1) is 0 Å². The second-order valence-corrected chi connectivity index (χ2v) is 11.2. The lowest BCUT2D eigenvalue weighted by Crippen LogP contribution is -2.54. The molecule has 1 aromatic heterocycles. The van der Waals surface area contributed by atoms with Gasteiger partial charge in [-0.1, -0.05) is 44.2 Å². The number of rotatable bonds is 14. The number of hydrogen-bond donors (Lipinski definition) is 2. The average Bonchev–Trinajstić information content (AvgIpc) is 2.93. The predicted molar refractivity (Wildman–Crippen MR) is 160 cm³/mol. The molecule has 0 saturated carbocycles. The van der Waals surface area contributed by atoms with Gasteiger partial charge >= 0.3 is 13.2 Å². The fraction of sp³-hybridized carbons (Fsp3) is 0.567. The van der Waals surface area contributed by atoms with E-state index in [1.165, 1.54) is 18.6 Å². The lowest BCUT2D eigenvalue weighted by atomic mass is 9.73. The molecule has 228 valence electrons. The first-order valence-corrected chi connectivity index (χ1v) is 14.7. The van der Waals surface area contributed by atoms with E-state index in [1.807, 2.05) is 44.2 Å². The maximum atomic E-state index is 13.7. The van der Waals surface area contributed by atoms with Gasteiger partial charge < -0.3 is 24.7 Å². The number of alkyl carbamates (subject to hydrolysis) is 1. The number of nitrogens with zero attached hydrogens (tertiary/aromatic N) is 3. The van der Waals surface area contributed by atoms with Crippen LogP contribution in [0.15, 0.2) is 48.9 Å². The molecule has 0 bridgehead atoms. The van der Waals surface area contributed by atoms with Crippen LogP contribution in [0.1, 0.15) is 56.6 Å². The van der Waals surface area contributed by atoms with Crippen molar-refractivity contribution in [1.82, 2.24) is 25.5 Å². The Morgan fingerprint density at radius 3 is 2.36 bits per heavy atom. The van der Waals surface area contributed by atoms with Crippen LogP contribution in [0.25, 0.3) is 0 Å². The second kappa shape index (κ2) is 17.6. The van der Waals surface area contributed by atoms with Crippen molar-refractivity contribution in [3.8, 4) is 0 Å². The molecule has 0 unspecified atom stereocenters. The van der Waals surface area contributed by atoms with E-state index in [9.17, 15) is 14.4 Å². The second-order valence-electron chi connectivity index (χ2n) is 11.2. The van der Waals surface area contributed by atoms with Gasteiger partial charge in [0.2, 0.25) is 5.91 Å². The van der Waals surface area contributed by atoms with Crippen molar-refractivity contribution in [2.24, 2.45) is 11.8 Å². The summed E-state index contributed by atoms with van der Waals surface area (Å²) in [5.74, 6) is -1.18. The van der Waals surface area contributed by atoms with E-state index in [4.69, 9.17) is 14.0 Å². The zero-order valence-corrected chi connectivity index (χ0v) is 25.2. The number of benzene rings is 1. The predicted octanol–water partition coefficient (Wildman–Crippen LogP) is 2.95. The van der Waals surface area contributed by atoms with Gasteiger partial charge in [0.1, 0.15) is 12.3 Å². The summed E-state index contributed by atoms with van der Waals surface area (Å²) in [5, 5.41) is 5.87. The molecule has 2 atom stereocenters. The van der Waals surface area contributed by atoms with Crippen LogP contribution in [-0.2, 0) is 25.3 Å². The van der Waals surface area contributed by atoms with E-state index in [0.717, 1.165) is 5.56 Å². The lowest BCUT2D eigenvalue weighted by Gasteiger charge is -2.31. The molecule has 1 fully saturated rings. The highest BCUT2D eigenvalue weighted by molar-refractivity contribution is 6.47. The van der Waals surface area contributed by atoms with Crippen LogP contribution < -0.4 is 10.6 Å². The Bertz CT molecular complexity index is 1100. The first-order chi connectivity index (χ1) is 20.2. The Balaban J connectivity index is 1.61. The first-order valence-electron chi connectivity index (χ1n) is 14.7. The summed E-state index contributed by atoms with van der Waals surface area (Å²) in [6.45, 7) is 10.8. The molecule has 1 saturated heterocycles. The van der Waals surface area contributed by atoms with Gasteiger partial charge in [-0.25, -0.2) is 9.78 Å². The minimum atomic E-state index is -0.625. The third-order valence-corrected chi connectivity index (χ3v) is 6.78. The Morgan fingerprint density at radius 2 is 1.74 bits per heavy atom. The van der Waals surface area contributed by atoms with E-state index in [0.29, 0.717) is 45.7 Å². The van der Waals surface area contributed by atoms with E-state index in [2.05, 4.69) is 39.3 Å². The van der Waals surface area contributed by atoms with Crippen LogP contribution in [0.3, 0.4) is 0 Å². The molecule has 2 amide bonds. The number of Topliss-reactive ketones (excluding diaryl/α,β-unsaturated/α-hetero) is 1. The molecule has 1 aromatic carbocycles. The molecule has 0 aliphatic carbocycles. The summed E-state index contributed by atoms with van der Waals surface area (Å²) in [6.07, 6.45) is 5.04. The van der Waals surface area contributed by atoms with Gasteiger partial charge in [0, 0.05) is 63.6 Å². The molecule has 12 heteroatoms. The van der Waals surface area contributed by atoms with Crippen LogP contribution in [0, 0.1) is 11.8 Å². The maximum Gasteiger partial charge on any atom is 0.480 e. The number of nitrogens with one attached hydrogen (secondary N) is 2. The van der Waals surface area contributed by atoms with Crippen LogP contribution in [0.5, 0.6) is 0 Å². The highest BCUT2D eigenvalue weighted by Gasteiger charge is 2.35. The largest absolute Gasteiger partial charge is 0.480 e. The zero-order chi connectivity index (χ0) is 30.3. The standard InChI is InChI=1S/C30H44BN5O6/c1-22(2)18-28(31-41-16-13-36(14-17-42-31)12-15-40-30(39)34-23(3)4)35-29(38)25(19-24-8-6-5-7-9-24)20-27(37)26-21-32-10-11-33-26/h5-11,21-23,25,28H,12-20H2,1-4H3,(H,34,39)(H,35,38)/t25-,28+/m1/s1. The highest BCUT2D eigenvalue weighted by Crippen LogP contribution is 2.18. The third-order valence-electron chi connectivity index (χ3n) is 6.78. The maximum absolute atomic E-state index is 13.7. The number of hydrogen-bond acceptors (Lipinski definition) is 9. The summed E-state index contributed by atoms with van der Waals surface area (Å²) in [7, 11) is -0.625. The van der Waals surface area contributed by atoms with Gasteiger partial charge in [0.15, 0.2) is 5.78 Å². The van der Waals surface area contributed by atoms with Gasteiger partial charge in [0.05, 0.1) is 12.1 Å². The van der Waals surface area contributed by atoms with Crippen LogP contribution in [0.2, 0.25) is 0 Å². The lowest BCUT2D eigenvalue weighted by molar-refractivity contribution is -0.125. The minimum Gasteiger partial charge on any atom is -0.448 e. The van der Waals surface area contributed by atoms with E-state index < -0.39 is 25.1 Å². The van der Waals surface area contributed by atoms with Gasteiger partial charge in [-0.2, -0.15) is 0 Å². The van der Waals surface area contributed by atoms with E-state index in [-0.39, 0.29) is 42.4 Å². The van der Waals surface area contributed by atoms with E-state index in [1.54, 1.807) is 0 Å². The monoisotopic (exact) mass is 581 g/mol. The summed E-state index contributed by atoms with van der Waals surface area (Å²) in [6, 6.07) is 9.68. The summed E-state index contributed by atoms with van der Waals surface area (Å²) < 4.78 is 17.5. The Hall–Kier alpha value is -3.35. The fourth-order valence-corrected chi connectivity index (χ4v) is 4.73. The number of ether oxygens (including phenoxy) is 1. The van der Waals surface area contributed by atoms with Crippen molar-refractivity contribution in [3.05, 3.63) is 60.2 Å². The molecular weight excluding hydrogens is 537 g/mol. The number of amides is 2. The normalized spacial score (nSPS) is 15.9. The van der Waals surface area contributed by atoms with Crippen molar-refractivity contribution >= 4 is 24.9 Å². The van der Waals surface area contributed by atoms with Crippen molar-refractivity contribution in [1.29, 1.82) is 0 Å². The zero-order valence-electron chi connectivity index (χ0n) is 25.2. The number of ketones is 1. The Kier molecular flexibility index (Phi) is 13.9. The highest BCUT2D eigenvalue weighted by atomic mass is 16.6. The van der Waals surface area contributed by atoms with Crippen molar-refractivity contribution in [3.63, 3.8) is 0 Å². The molecule has 2 heterocycles. The van der Waals surface area contributed by atoms with Crippen LogP contribution in [-0.4, -0.2) is 91.2 Å². The molecule has 2 aromatic rings. The molecule has 1 aliphatic rings. The first kappa shape index (κ1) is 33.2. The molecule has 0 spiro atoms. The third kappa shape index (κ3) is 11.9. The number of carbonyl (C=O) groups excluding carboxylic acids is 3. The molecular formula is C30H44BN5O6. The van der Waals surface area contributed by atoms with Crippen LogP contribution in [0.4, 0.5) is 4.79 Å². The minimum absolute atomic E-state index is 0.00637. The Morgan fingerprint density at radius 1 is 1.02 bits per heavy atom. The summed E-state index contributed by atoms with van der Waals surface area (Å²) in [4.78, 5) is 48.7. The molecule has 3 rings (SSSR count). The molecule has 42 heavy (non-hydrogen) atoms. The molecule has 1 aliphatic heterocycles.